The van der Waals surface area contributed by atoms with E-state index in [0.717, 1.165) is 4.47 Å². The van der Waals surface area contributed by atoms with Gasteiger partial charge in [0, 0.05) is 27.3 Å². The largest absolute Gasteiger partial charge is 0.454 e. The first-order chi connectivity index (χ1) is 16.9. The summed E-state index contributed by atoms with van der Waals surface area (Å²) < 4.78 is 25.7. The van der Waals surface area contributed by atoms with Gasteiger partial charge in [-0.3, -0.25) is 19.8 Å². The van der Waals surface area contributed by atoms with Crippen LogP contribution in [0.25, 0.3) is 10.9 Å². The molecular weight excluding hydrogens is 523 g/mol. The number of nitrogens with one attached hydrogen (secondary N) is 3. The second-order valence-corrected chi connectivity index (χ2v) is 8.41. The summed E-state index contributed by atoms with van der Waals surface area (Å²) in [5.74, 6) is -1.98. The van der Waals surface area contributed by atoms with Crippen LogP contribution in [-0.4, -0.2) is 29.2 Å². The molecule has 2 heterocycles. The van der Waals surface area contributed by atoms with Crippen molar-refractivity contribution >= 4 is 55.9 Å². The number of aromatic nitrogens is 1. The molecule has 3 aromatic carbocycles. The van der Waals surface area contributed by atoms with Crippen molar-refractivity contribution in [3.05, 3.63) is 82.7 Å². The molecular formula is C24H16BrFN4O5. The Bertz CT molecular complexity index is 1490. The zero-order chi connectivity index (χ0) is 24.5. The van der Waals surface area contributed by atoms with E-state index in [1.165, 1.54) is 35.0 Å². The maximum absolute atomic E-state index is 13.2. The fourth-order valence-corrected chi connectivity index (χ4v) is 3.90. The second kappa shape index (κ2) is 9.11. The van der Waals surface area contributed by atoms with Gasteiger partial charge in [0.2, 0.25) is 6.79 Å². The molecule has 0 bridgehead atoms. The van der Waals surface area contributed by atoms with Crippen molar-refractivity contribution < 1.29 is 28.2 Å². The normalized spacial score (nSPS) is 11.8. The van der Waals surface area contributed by atoms with E-state index >= 15 is 0 Å². The van der Waals surface area contributed by atoms with Crippen molar-refractivity contribution in [3.63, 3.8) is 0 Å². The zero-order valence-electron chi connectivity index (χ0n) is 17.8. The molecule has 0 unspecified atom stereocenters. The molecule has 1 aliphatic heterocycles. The van der Waals surface area contributed by atoms with Gasteiger partial charge in [-0.1, -0.05) is 15.9 Å². The lowest BCUT2D eigenvalue weighted by Gasteiger charge is -2.13. The molecule has 0 radical (unpaired) electrons. The van der Waals surface area contributed by atoms with Gasteiger partial charge in [-0.05, 0) is 60.7 Å². The first-order valence-corrected chi connectivity index (χ1v) is 11.1. The Morgan fingerprint density at radius 2 is 1.57 bits per heavy atom. The van der Waals surface area contributed by atoms with Crippen LogP contribution in [0, 0.1) is 5.82 Å². The molecule has 35 heavy (non-hydrogen) atoms. The SMILES string of the molecule is O=C(Nc1ccc2c(c1)OCO2)C(=O)Nn1c(C(=O)Nc2ccc(F)cc2)cc2cc(Br)ccc21. The Balaban J connectivity index is 1.40. The molecule has 1 aliphatic rings. The fourth-order valence-electron chi connectivity index (χ4n) is 3.52. The zero-order valence-corrected chi connectivity index (χ0v) is 19.4. The van der Waals surface area contributed by atoms with Gasteiger partial charge in [0.05, 0.1) is 5.52 Å². The monoisotopic (exact) mass is 538 g/mol. The standard InChI is InChI=1S/C24H16BrFN4O5/c25-14-1-7-18-13(9-14)10-19(22(31)27-16-4-2-15(26)3-5-16)30(18)29-24(33)23(32)28-17-6-8-20-21(11-17)35-12-34-20/h1-11H,12H2,(H,27,31)(H,28,32)(H,29,33). The summed E-state index contributed by atoms with van der Waals surface area (Å²) in [5, 5.41) is 5.78. The molecule has 4 aromatic rings. The van der Waals surface area contributed by atoms with Crippen molar-refractivity contribution in [1.82, 2.24) is 4.68 Å². The second-order valence-electron chi connectivity index (χ2n) is 7.49. The Labute approximate surface area is 205 Å². The highest BCUT2D eigenvalue weighted by Crippen LogP contribution is 2.34. The Hall–Kier alpha value is -4.38. The van der Waals surface area contributed by atoms with Gasteiger partial charge in [-0.2, -0.15) is 0 Å². The molecule has 0 saturated heterocycles. The number of fused-ring (bicyclic) bond motifs is 2. The third kappa shape index (κ3) is 4.66. The highest BCUT2D eigenvalue weighted by molar-refractivity contribution is 9.10. The molecule has 3 N–H and O–H groups in total. The van der Waals surface area contributed by atoms with Crippen molar-refractivity contribution in [2.75, 3.05) is 22.9 Å². The van der Waals surface area contributed by atoms with Gasteiger partial charge < -0.3 is 20.1 Å². The third-order valence-electron chi connectivity index (χ3n) is 5.15. The molecule has 9 nitrogen and oxygen atoms in total. The molecule has 0 spiro atoms. The fraction of sp³-hybridized carbons (Fsp3) is 0.0417. The van der Waals surface area contributed by atoms with E-state index in [1.807, 2.05) is 0 Å². The smallest absolute Gasteiger partial charge is 0.328 e. The van der Waals surface area contributed by atoms with Gasteiger partial charge in [0.25, 0.3) is 5.91 Å². The number of carbonyl (C=O) groups is 3. The van der Waals surface area contributed by atoms with Crippen molar-refractivity contribution in [2.45, 2.75) is 0 Å². The predicted octanol–water partition coefficient (Wildman–Crippen LogP) is 4.23. The summed E-state index contributed by atoms with van der Waals surface area (Å²) >= 11 is 3.38. The number of carbonyl (C=O) groups excluding carboxylic acids is 3. The summed E-state index contributed by atoms with van der Waals surface area (Å²) in [6.07, 6.45) is 0. The summed E-state index contributed by atoms with van der Waals surface area (Å²) in [6, 6.07) is 16.7. The van der Waals surface area contributed by atoms with E-state index in [0.29, 0.717) is 33.8 Å². The molecule has 11 heteroatoms. The lowest BCUT2D eigenvalue weighted by Crippen LogP contribution is -2.36. The van der Waals surface area contributed by atoms with Gasteiger partial charge in [0.15, 0.2) is 11.5 Å². The number of ether oxygens (including phenoxy) is 2. The number of hydrogen-bond acceptors (Lipinski definition) is 5. The molecule has 0 fully saturated rings. The molecule has 3 amide bonds. The maximum Gasteiger partial charge on any atom is 0.328 e. The summed E-state index contributed by atoms with van der Waals surface area (Å²) in [5.41, 5.74) is 3.72. The number of hydrogen-bond donors (Lipinski definition) is 3. The topological polar surface area (TPSA) is 111 Å². The van der Waals surface area contributed by atoms with Crippen LogP contribution in [-0.2, 0) is 9.59 Å². The van der Waals surface area contributed by atoms with Crippen molar-refractivity contribution in [1.29, 1.82) is 0 Å². The van der Waals surface area contributed by atoms with Crippen molar-refractivity contribution in [3.8, 4) is 11.5 Å². The van der Waals surface area contributed by atoms with Gasteiger partial charge in [0.1, 0.15) is 11.5 Å². The molecule has 5 rings (SSSR count). The molecule has 1 aromatic heterocycles. The Morgan fingerprint density at radius 1 is 0.829 bits per heavy atom. The molecule has 176 valence electrons. The van der Waals surface area contributed by atoms with Crippen LogP contribution in [0.2, 0.25) is 0 Å². The van der Waals surface area contributed by atoms with Crippen LogP contribution in [0.1, 0.15) is 10.5 Å². The number of anilines is 2. The molecule has 0 aliphatic carbocycles. The van der Waals surface area contributed by atoms with Crippen LogP contribution >= 0.6 is 15.9 Å². The lowest BCUT2D eigenvalue weighted by molar-refractivity contribution is -0.133. The number of halogens is 2. The van der Waals surface area contributed by atoms with Gasteiger partial charge >= 0.3 is 11.8 Å². The van der Waals surface area contributed by atoms with Gasteiger partial charge in [-0.25, -0.2) is 9.07 Å². The Kier molecular flexibility index (Phi) is 5.83. The minimum Gasteiger partial charge on any atom is -0.454 e. The number of amides is 3. The first kappa shape index (κ1) is 22.4. The summed E-state index contributed by atoms with van der Waals surface area (Å²) in [4.78, 5) is 38.3. The highest BCUT2D eigenvalue weighted by atomic mass is 79.9. The number of benzene rings is 3. The molecule has 0 atom stereocenters. The predicted molar refractivity (Wildman–Crippen MR) is 130 cm³/mol. The van der Waals surface area contributed by atoms with E-state index in [2.05, 4.69) is 32.0 Å². The highest BCUT2D eigenvalue weighted by Gasteiger charge is 2.22. The quantitative estimate of drug-likeness (QED) is 0.337. The number of rotatable bonds is 4. The molecule has 0 saturated carbocycles. The van der Waals surface area contributed by atoms with E-state index in [4.69, 9.17) is 9.47 Å². The summed E-state index contributed by atoms with van der Waals surface area (Å²) in [6.45, 7) is 0.0762. The Morgan fingerprint density at radius 3 is 2.37 bits per heavy atom. The minimum atomic E-state index is -1.00. The van der Waals surface area contributed by atoms with Crippen molar-refractivity contribution in [2.24, 2.45) is 0 Å². The van der Waals surface area contributed by atoms with E-state index in [9.17, 15) is 18.8 Å². The average Bonchev–Trinajstić information content (AvgIpc) is 3.44. The van der Waals surface area contributed by atoms with Crippen LogP contribution in [0.5, 0.6) is 11.5 Å². The van der Waals surface area contributed by atoms with Crippen LogP contribution in [0.3, 0.4) is 0 Å². The minimum absolute atomic E-state index is 0.0617. The van der Waals surface area contributed by atoms with Gasteiger partial charge in [-0.15, -0.1) is 0 Å². The van der Waals surface area contributed by atoms with E-state index in [1.54, 1.807) is 36.4 Å². The van der Waals surface area contributed by atoms with E-state index < -0.39 is 23.5 Å². The van der Waals surface area contributed by atoms with Crippen LogP contribution < -0.4 is 25.5 Å². The van der Waals surface area contributed by atoms with Crippen LogP contribution in [0.4, 0.5) is 15.8 Å². The summed E-state index contributed by atoms with van der Waals surface area (Å²) in [7, 11) is 0. The average molecular weight is 539 g/mol. The van der Waals surface area contributed by atoms with Crippen LogP contribution in [0.15, 0.2) is 71.2 Å². The first-order valence-electron chi connectivity index (χ1n) is 10.3. The lowest BCUT2D eigenvalue weighted by atomic mass is 10.2. The maximum atomic E-state index is 13.2. The van der Waals surface area contributed by atoms with E-state index in [-0.39, 0.29) is 12.5 Å². The number of nitrogens with zero attached hydrogens (tertiary/aromatic N) is 1. The third-order valence-corrected chi connectivity index (χ3v) is 5.64.